The standard InChI is InChI=1S/C16H14ClN3O2S2/c1-11-6-8-12(9-7-11)15-18-19-16(23-15)20-24(21,22)10-13-4-2-3-5-14(13)17/h2-9H,10H2,1H3,(H,19,20). The maximum absolute atomic E-state index is 12.3. The number of anilines is 1. The van der Waals surface area contributed by atoms with Crippen molar-refractivity contribution in [1.82, 2.24) is 10.2 Å². The van der Waals surface area contributed by atoms with Crippen molar-refractivity contribution in [2.45, 2.75) is 12.7 Å². The normalized spacial score (nSPS) is 11.4. The Hall–Kier alpha value is -1.96. The van der Waals surface area contributed by atoms with Gasteiger partial charge < -0.3 is 0 Å². The molecule has 124 valence electrons. The molecule has 0 aliphatic heterocycles. The van der Waals surface area contributed by atoms with Gasteiger partial charge in [0.2, 0.25) is 15.2 Å². The van der Waals surface area contributed by atoms with Crippen LogP contribution in [0.3, 0.4) is 0 Å². The largest absolute Gasteiger partial charge is 0.257 e. The van der Waals surface area contributed by atoms with E-state index in [9.17, 15) is 8.42 Å². The van der Waals surface area contributed by atoms with Gasteiger partial charge in [-0.3, -0.25) is 4.72 Å². The Bertz CT molecular complexity index is 953. The number of benzene rings is 2. The number of hydrogen-bond acceptors (Lipinski definition) is 5. The zero-order valence-corrected chi connectivity index (χ0v) is 15.1. The van der Waals surface area contributed by atoms with Crippen molar-refractivity contribution in [3.63, 3.8) is 0 Å². The molecule has 3 rings (SSSR count). The SMILES string of the molecule is Cc1ccc(-c2nnc(NS(=O)(=O)Cc3ccccc3Cl)s2)cc1. The molecule has 1 aromatic heterocycles. The quantitative estimate of drug-likeness (QED) is 0.724. The first-order valence-corrected chi connectivity index (χ1v) is 9.92. The molecule has 5 nitrogen and oxygen atoms in total. The van der Waals surface area contributed by atoms with E-state index in [-0.39, 0.29) is 10.9 Å². The molecule has 0 saturated carbocycles. The van der Waals surface area contributed by atoms with E-state index >= 15 is 0 Å². The Balaban J connectivity index is 1.76. The van der Waals surface area contributed by atoms with Crippen LogP contribution in [0.25, 0.3) is 10.6 Å². The van der Waals surface area contributed by atoms with Crippen molar-refractivity contribution in [2.24, 2.45) is 0 Å². The molecule has 0 aliphatic carbocycles. The highest BCUT2D eigenvalue weighted by Gasteiger charge is 2.17. The Morgan fingerprint density at radius 2 is 1.79 bits per heavy atom. The molecule has 0 bridgehead atoms. The van der Waals surface area contributed by atoms with Crippen LogP contribution in [-0.4, -0.2) is 18.6 Å². The Kier molecular flexibility index (Phi) is 4.84. The second-order valence-corrected chi connectivity index (χ2v) is 8.34. The predicted molar refractivity (Wildman–Crippen MR) is 97.8 cm³/mol. The fourth-order valence-corrected chi connectivity index (χ4v) is 4.54. The van der Waals surface area contributed by atoms with Crippen molar-refractivity contribution in [2.75, 3.05) is 4.72 Å². The summed E-state index contributed by atoms with van der Waals surface area (Å²) >= 11 is 7.20. The van der Waals surface area contributed by atoms with Crippen LogP contribution in [0.4, 0.5) is 5.13 Å². The minimum atomic E-state index is -3.61. The predicted octanol–water partition coefficient (Wildman–Crippen LogP) is 4.11. The van der Waals surface area contributed by atoms with Gasteiger partial charge in [0, 0.05) is 10.6 Å². The van der Waals surface area contributed by atoms with Crippen LogP contribution in [0, 0.1) is 6.92 Å². The third-order valence-electron chi connectivity index (χ3n) is 3.27. The number of aromatic nitrogens is 2. The monoisotopic (exact) mass is 379 g/mol. The number of rotatable bonds is 5. The topological polar surface area (TPSA) is 72.0 Å². The highest BCUT2D eigenvalue weighted by molar-refractivity contribution is 7.92. The van der Waals surface area contributed by atoms with E-state index in [0.29, 0.717) is 15.6 Å². The molecule has 0 fully saturated rings. The molecule has 1 N–H and O–H groups in total. The van der Waals surface area contributed by atoms with Crippen LogP contribution in [0.15, 0.2) is 48.5 Å². The minimum absolute atomic E-state index is 0.216. The summed E-state index contributed by atoms with van der Waals surface area (Å²) in [6.07, 6.45) is 0. The molecular weight excluding hydrogens is 366 g/mol. The number of nitrogens with one attached hydrogen (secondary N) is 1. The lowest BCUT2D eigenvalue weighted by Crippen LogP contribution is -2.15. The van der Waals surface area contributed by atoms with Crippen molar-refractivity contribution >= 4 is 38.1 Å². The van der Waals surface area contributed by atoms with E-state index in [1.165, 1.54) is 11.3 Å². The molecule has 0 unspecified atom stereocenters. The summed E-state index contributed by atoms with van der Waals surface area (Å²) in [6.45, 7) is 2.00. The van der Waals surface area contributed by atoms with Crippen LogP contribution < -0.4 is 4.72 Å². The van der Waals surface area contributed by atoms with Gasteiger partial charge in [-0.05, 0) is 18.6 Å². The summed E-state index contributed by atoms with van der Waals surface area (Å²) in [7, 11) is -3.61. The maximum atomic E-state index is 12.3. The van der Waals surface area contributed by atoms with Gasteiger partial charge in [-0.2, -0.15) is 0 Å². The molecule has 1 heterocycles. The van der Waals surface area contributed by atoms with Crippen LogP contribution in [0.1, 0.15) is 11.1 Å². The zero-order chi connectivity index (χ0) is 17.2. The zero-order valence-electron chi connectivity index (χ0n) is 12.7. The molecule has 0 amide bonds. The molecule has 0 atom stereocenters. The van der Waals surface area contributed by atoms with Gasteiger partial charge in [-0.1, -0.05) is 71.0 Å². The molecular formula is C16H14ClN3O2S2. The van der Waals surface area contributed by atoms with E-state index in [2.05, 4.69) is 14.9 Å². The summed E-state index contributed by atoms with van der Waals surface area (Å²) in [5, 5.41) is 9.26. The molecule has 0 saturated heterocycles. The van der Waals surface area contributed by atoms with Gasteiger partial charge in [0.15, 0.2) is 0 Å². The van der Waals surface area contributed by atoms with Gasteiger partial charge in [-0.15, -0.1) is 10.2 Å². The van der Waals surface area contributed by atoms with Gasteiger partial charge in [-0.25, -0.2) is 8.42 Å². The highest BCUT2D eigenvalue weighted by atomic mass is 35.5. The van der Waals surface area contributed by atoms with Crippen LogP contribution in [0.2, 0.25) is 5.02 Å². The maximum Gasteiger partial charge on any atom is 0.238 e. The average Bonchev–Trinajstić information content (AvgIpc) is 2.98. The molecule has 0 aliphatic rings. The lowest BCUT2D eigenvalue weighted by molar-refractivity contribution is 0.600. The number of halogens is 1. The lowest BCUT2D eigenvalue weighted by atomic mass is 10.2. The summed E-state index contributed by atoms with van der Waals surface area (Å²) < 4.78 is 27.0. The molecule has 0 radical (unpaired) electrons. The molecule has 8 heteroatoms. The summed E-state index contributed by atoms with van der Waals surface area (Å²) in [5.41, 5.74) is 2.58. The number of aryl methyl sites for hydroxylation is 1. The molecule has 2 aromatic carbocycles. The fraction of sp³-hybridized carbons (Fsp3) is 0.125. The first-order valence-electron chi connectivity index (χ1n) is 7.07. The van der Waals surface area contributed by atoms with Crippen molar-refractivity contribution < 1.29 is 8.42 Å². The molecule has 24 heavy (non-hydrogen) atoms. The van der Waals surface area contributed by atoms with Crippen molar-refractivity contribution in [3.8, 4) is 10.6 Å². The van der Waals surface area contributed by atoms with Gasteiger partial charge in [0.1, 0.15) is 5.01 Å². The Morgan fingerprint density at radius 3 is 2.50 bits per heavy atom. The van der Waals surface area contributed by atoms with E-state index in [1.807, 2.05) is 31.2 Å². The molecule has 3 aromatic rings. The second kappa shape index (κ2) is 6.88. The van der Waals surface area contributed by atoms with Gasteiger partial charge >= 0.3 is 0 Å². The van der Waals surface area contributed by atoms with E-state index < -0.39 is 10.0 Å². The smallest absolute Gasteiger partial charge is 0.238 e. The van der Waals surface area contributed by atoms with Crippen molar-refractivity contribution in [1.29, 1.82) is 0 Å². The minimum Gasteiger partial charge on any atom is -0.257 e. The van der Waals surface area contributed by atoms with E-state index in [4.69, 9.17) is 11.6 Å². The molecule has 0 spiro atoms. The first kappa shape index (κ1) is 16.9. The Morgan fingerprint density at radius 1 is 1.08 bits per heavy atom. The Labute approximate surface area is 149 Å². The number of sulfonamides is 1. The van der Waals surface area contributed by atoms with Gasteiger partial charge in [0.25, 0.3) is 0 Å². The van der Waals surface area contributed by atoms with Crippen molar-refractivity contribution in [3.05, 3.63) is 64.7 Å². The summed E-state index contributed by atoms with van der Waals surface area (Å²) in [4.78, 5) is 0. The van der Waals surface area contributed by atoms with Crippen LogP contribution >= 0.6 is 22.9 Å². The van der Waals surface area contributed by atoms with E-state index in [1.54, 1.807) is 24.3 Å². The summed E-state index contributed by atoms with van der Waals surface area (Å²) in [6, 6.07) is 14.6. The number of nitrogens with zero attached hydrogens (tertiary/aromatic N) is 2. The first-order chi connectivity index (χ1) is 11.4. The highest BCUT2D eigenvalue weighted by Crippen LogP contribution is 2.27. The third-order valence-corrected chi connectivity index (χ3v) is 5.85. The van der Waals surface area contributed by atoms with Crippen LogP contribution in [0.5, 0.6) is 0 Å². The second-order valence-electron chi connectivity index (χ2n) is 5.23. The average molecular weight is 380 g/mol. The number of hydrogen-bond donors (Lipinski definition) is 1. The fourth-order valence-electron chi connectivity index (χ4n) is 2.07. The summed E-state index contributed by atoms with van der Waals surface area (Å²) in [5.74, 6) is -0.216. The lowest BCUT2D eigenvalue weighted by Gasteiger charge is -2.06. The third kappa shape index (κ3) is 4.11. The van der Waals surface area contributed by atoms with E-state index in [0.717, 1.165) is 11.1 Å². The van der Waals surface area contributed by atoms with Gasteiger partial charge in [0.05, 0.1) is 5.75 Å². The van der Waals surface area contributed by atoms with Crippen LogP contribution in [-0.2, 0) is 15.8 Å².